The first-order chi connectivity index (χ1) is 11.8. The van der Waals surface area contributed by atoms with Gasteiger partial charge in [-0.2, -0.15) is 13.2 Å². The SMILES string of the molecule is Cc1nc(C(F)(F)F)ccc1SN1CC2(CN(CC3CCOC3)C2)C1. The predicted octanol–water partition coefficient (Wildman–Crippen LogP) is 3.07. The molecule has 0 radical (unpaired) electrons. The van der Waals surface area contributed by atoms with Crippen molar-refractivity contribution in [1.82, 2.24) is 14.2 Å². The zero-order valence-electron chi connectivity index (χ0n) is 14.2. The maximum atomic E-state index is 12.7. The van der Waals surface area contributed by atoms with Crippen molar-refractivity contribution in [2.75, 3.05) is 45.9 Å². The van der Waals surface area contributed by atoms with E-state index in [4.69, 9.17) is 4.74 Å². The maximum Gasteiger partial charge on any atom is 0.433 e. The molecular formula is C17H22F3N3OS. The molecule has 0 aromatic carbocycles. The van der Waals surface area contributed by atoms with E-state index in [-0.39, 0.29) is 0 Å². The van der Waals surface area contributed by atoms with Crippen molar-refractivity contribution in [2.45, 2.75) is 24.4 Å². The second-order valence-corrected chi connectivity index (χ2v) is 8.71. The van der Waals surface area contributed by atoms with Gasteiger partial charge in [-0.15, -0.1) is 0 Å². The number of aromatic nitrogens is 1. The van der Waals surface area contributed by atoms with Gasteiger partial charge in [0.1, 0.15) is 5.69 Å². The average Bonchev–Trinajstić information content (AvgIpc) is 2.96. The zero-order chi connectivity index (χ0) is 17.7. The van der Waals surface area contributed by atoms with Crippen LogP contribution in [0.1, 0.15) is 17.8 Å². The molecule has 3 aliphatic heterocycles. The lowest BCUT2D eigenvalue weighted by atomic mass is 9.74. The van der Waals surface area contributed by atoms with E-state index in [1.807, 2.05) is 0 Å². The monoisotopic (exact) mass is 373 g/mol. The first kappa shape index (κ1) is 17.6. The highest BCUT2D eigenvalue weighted by atomic mass is 32.2. The Kier molecular flexibility index (Phi) is 4.50. The molecular weight excluding hydrogens is 351 g/mol. The van der Waals surface area contributed by atoms with Crippen molar-refractivity contribution >= 4 is 11.9 Å². The Morgan fingerprint density at radius 1 is 1.28 bits per heavy atom. The van der Waals surface area contributed by atoms with E-state index in [0.29, 0.717) is 17.0 Å². The van der Waals surface area contributed by atoms with Gasteiger partial charge >= 0.3 is 6.18 Å². The molecule has 3 saturated heterocycles. The summed E-state index contributed by atoms with van der Waals surface area (Å²) in [5.41, 5.74) is 0.0110. The Morgan fingerprint density at radius 3 is 2.64 bits per heavy atom. The van der Waals surface area contributed by atoms with Crippen LogP contribution < -0.4 is 0 Å². The molecule has 0 amide bonds. The fourth-order valence-electron chi connectivity index (χ4n) is 4.03. The lowest BCUT2D eigenvalue weighted by molar-refractivity contribution is -0.141. The second-order valence-electron chi connectivity index (χ2n) is 7.57. The summed E-state index contributed by atoms with van der Waals surface area (Å²) in [6.07, 6.45) is -3.21. The normalized spacial score (nSPS) is 26.6. The number of halogens is 3. The minimum absolute atomic E-state index is 0.389. The minimum Gasteiger partial charge on any atom is -0.381 e. The van der Waals surface area contributed by atoms with Crippen molar-refractivity contribution in [1.29, 1.82) is 0 Å². The van der Waals surface area contributed by atoms with Gasteiger partial charge in [-0.1, -0.05) is 0 Å². The molecule has 4 heterocycles. The van der Waals surface area contributed by atoms with Crippen LogP contribution in [-0.4, -0.2) is 60.1 Å². The van der Waals surface area contributed by atoms with E-state index in [1.54, 1.807) is 6.92 Å². The number of alkyl halides is 3. The van der Waals surface area contributed by atoms with Gasteiger partial charge in [-0.25, -0.2) is 9.29 Å². The Bertz CT molecular complexity index is 635. The molecule has 0 bridgehead atoms. The second kappa shape index (κ2) is 6.40. The van der Waals surface area contributed by atoms with Gasteiger partial charge in [-0.05, 0) is 43.3 Å². The molecule has 3 fully saturated rings. The summed E-state index contributed by atoms with van der Waals surface area (Å²) in [5.74, 6) is 0.684. The van der Waals surface area contributed by atoms with Crippen molar-refractivity contribution in [3.63, 3.8) is 0 Å². The standard InChI is InChI=1S/C17H22F3N3OS/c1-12-14(2-3-15(21-12)17(18,19)20)25-23-10-16(11-23)8-22(9-16)6-13-4-5-24-7-13/h2-3,13H,4-11H2,1H3. The quantitative estimate of drug-likeness (QED) is 0.757. The summed E-state index contributed by atoms with van der Waals surface area (Å²) in [4.78, 5) is 7.02. The number of likely N-dealkylation sites (tertiary alicyclic amines) is 1. The molecule has 8 heteroatoms. The van der Waals surface area contributed by atoms with Crippen LogP contribution in [0.25, 0.3) is 0 Å². The summed E-state index contributed by atoms with van der Waals surface area (Å²) in [6, 6.07) is 2.60. The van der Waals surface area contributed by atoms with E-state index in [2.05, 4.69) is 14.2 Å². The van der Waals surface area contributed by atoms with Crippen LogP contribution in [0.15, 0.2) is 17.0 Å². The zero-order valence-corrected chi connectivity index (χ0v) is 15.0. The van der Waals surface area contributed by atoms with E-state index in [0.717, 1.165) is 56.9 Å². The number of hydrogen-bond donors (Lipinski definition) is 0. The Balaban J connectivity index is 1.25. The summed E-state index contributed by atoms with van der Waals surface area (Å²) in [6.45, 7) is 8.82. The van der Waals surface area contributed by atoms with E-state index >= 15 is 0 Å². The van der Waals surface area contributed by atoms with Gasteiger partial charge in [0.2, 0.25) is 0 Å². The van der Waals surface area contributed by atoms with Crippen molar-refractivity contribution in [3.8, 4) is 0 Å². The molecule has 0 saturated carbocycles. The fraction of sp³-hybridized carbons (Fsp3) is 0.706. The van der Waals surface area contributed by atoms with E-state index in [9.17, 15) is 13.2 Å². The number of nitrogens with zero attached hydrogens (tertiary/aromatic N) is 3. The summed E-state index contributed by atoms with van der Waals surface area (Å²) >= 11 is 1.53. The third-order valence-corrected chi connectivity index (χ3v) is 6.38. The highest BCUT2D eigenvalue weighted by Crippen LogP contribution is 2.45. The molecule has 25 heavy (non-hydrogen) atoms. The van der Waals surface area contributed by atoms with E-state index < -0.39 is 11.9 Å². The molecule has 138 valence electrons. The van der Waals surface area contributed by atoms with Crippen molar-refractivity contribution < 1.29 is 17.9 Å². The summed E-state index contributed by atoms with van der Waals surface area (Å²) in [5, 5.41) is 0. The van der Waals surface area contributed by atoms with Gasteiger partial charge in [0.25, 0.3) is 0 Å². The Hall–Kier alpha value is -0.830. The van der Waals surface area contributed by atoms with E-state index in [1.165, 1.54) is 24.4 Å². The molecule has 4 rings (SSSR count). The van der Waals surface area contributed by atoms with Crippen molar-refractivity contribution in [2.24, 2.45) is 11.3 Å². The lowest BCUT2D eigenvalue weighted by Crippen LogP contribution is -2.70. The van der Waals surface area contributed by atoms with Gasteiger partial charge < -0.3 is 9.64 Å². The molecule has 1 aromatic rings. The molecule has 0 N–H and O–H groups in total. The molecule has 1 atom stereocenters. The maximum absolute atomic E-state index is 12.7. The third kappa shape index (κ3) is 3.67. The molecule has 1 spiro atoms. The predicted molar refractivity (Wildman–Crippen MR) is 89.2 cm³/mol. The van der Waals surface area contributed by atoms with Gasteiger partial charge in [0.05, 0.1) is 12.3 Å². The van der Waals surface area contributed by atoms with Crippen molar-refractivity contribution in [3.05, 3.63) is 23.5 Å². The largest absolute Gasteiger partial charge is 0.433 e. The number of ether oxygens (including phenoxy) is 1. The first-order valence-corrected chi connectivity index (χ1v) is 9.38. The molecule has 1 aromatic heterocycles. The summed E-state index contributed by atoms with van der Waals surface area (Å²) in [7, 11) is 0. The van der Waals surface area contributed by atoms with Crippen LogP contribution in [0.5, 0.6) is 0 Å². The highest BCUT2D eigenvalue weighted by Gasteiger charge is 2.52. The van der Waals surface area contributed by atoms with Crippen LogP contribution in [-0.2, 0) is 10.9 Å². The Morgan fingerprint density at radius 2 is 2.04 bits per heavy atom. The molecule has 3 aliphatic rings. The molecule has 0 aliphatic carbocycles. The van der Waals surface area contributed by atoms with Gasteiger partial charge in [-0.3, -0.25) is 0 Å². The number of rotatable bonds is 4. The number of hydrogen-bond acceptors (Lipinski definition) is 5. The molecule has 4 nitrogen and oxygen atoms in total. The van der Waals surface area contributed by atoms with Gasteiger partial charge in [0.15, 0.2) is 0 Å². The fourth-order valence-corrected chi connectivity index (χ4v) is 5.29. The topological polar surface area (TPSA) is 28.6 Å². The third-order valence-electron chi connectivity index (χ3n) is 5.24. The minimum atomic E-state index is -4.38. The first-order valence-electron chi connectivity index (χ1n) is 8.61. The average molecular weight is 373 g/mol. The molecule has 1 unspecified atom stereocenters. The highest BCUT2D eigenvalue weighted by molar-refractivity contribution is 7.97. The van der Waals surface area contributed by atoms with Crippen LogP contribution in [0, 0.1) is 18.3 Å². The smallest absolute Gasteiger partial charge is 0.381 e. The summed E-state index contributed by atoms with van der Waals surface area (Å²) < 4.78 is 45.7. The number of aryl methyl sites for hydroxylation is 1. The van der Waals surface area contributed by atoms with Crippen LogP contribution in [0.3, 0.4) is 0 Å². The Labute approximate surface area is 149 Å². The van der Waals surface area contributed by atoms with Crippen LogP contribution in [0.2, 0.25) is 0 Å². The lowest BCUT2D eigenvalue weighted by Gasteiger charge is -2.60. The number of pyridine rings is 1. The van der Waals surface area contributed by atoms with Crippen LogP contribution in [0.4, 0.5) is 13.2 Å². The van der Waals surface area contributed by atoms with Crippen LogP contribution >= 0.6 is 11.9 Å². The van der Waals surface area contributed by atoms with Gasteiger partial charge in [0, 0.05) is 49.6 Å².